The van der Waals surface area contributed by atoms with E-state index in [1.54, 1.807) is 24.3 Å². The second kappa shape index (κ2) is 17.1. The van der Waals surface area contributed by atoms with Crippen LogP contribution in [0.4, 0.5) is 11.4 Å². The molecular weight excluding hydrogens is 312 g/mol. The van der Waals surface area contributed by atoms with Gasteiger partial charge < -0.3 is 16.6 Å². The van der Waals surface area contributed by atoms with Crippen molar-refractivity contribution >= 4 is 17.3 Å². The van der Waals surface area contributed by atoms with Gasteiger partial charge in [-0.25, -0.2) is 0 Å². The van der Waals surface area contributed by atoms with Crippen molar-refractivity contribution in [2.24, 2.45) is 0 Å². The predicted octanol–water partition coefficient (Wildman–Crippen LogP) is 6.01. The van der Waals surface area contributed by atoms with Gasteiger partial charge in [0.25, 0.3) is 0 Å². The molecule has 0 atom stereocenters. The van der Waals surface area contributed by atoms with E-state index in [9.17, 15) is 4.79 Å². The first-order valence-corrected chi connectivity index (χ1v) is 9.89. The van der Waals surface area contributed by atoms with E-state index in [0.717, 1.165) is 24.2 Å². The molecule has 25 heavy (non-hydrogen) atoms. The minimum Gasteiger partial charge on any atom is -0.481 e. The van der Waals surface area contributed by atoms with Crippen LogP contribution >= 0.6 is 0 Å². The molecule has 4 heteroatoms. The molecule has 0 aromatic heterocycles. The Kier molecular flexibility index (Phi) is 16.0. The molecule has 0 aliphatic rings. The molecule has 144 valence electrons. The maximum Gasteiger partial charge on any atom is 0.303 e. The van der Waals surface area contributed by atoms with Crippen molar-refractivity contribution in [3.05, 3.63) is 24.3 Å². The van der Waals surface area contributed by atoms with Gasteiger partial charge in [0, 0.05) is 17.8 Å². The minimum absolute atomic E-state index is 0.345. The first-order chi connectivity index (χ1) is 12.1. The van der Waals surface area contributed by atoms with E-state index in [1.165, 1.54) is 64.2 Å². The molecule has 1 rings (SSSR count). The van der Waals surface area contributed by atoms with E-state index in [1.807, 2.05) is 0 Å². The third-order valence-electron chi connectivity index (χ3n) is 4.18. The molecule has 0 fully saturated rings. The Hall–Kier alpha value is -1.71. The molecule has 0 bridgehead atoms. The van der Waals surface area contributed by atoms with Gasteiger partial charge >= 0.3 is 5.97 Å². The first-order valence-electron chi connectivity index (χ1n) is 9.89. The molecular formula is C21H38N2O2. The molecule has 0 saturated carbocycles. The van der Waals surface area contributed by atoms with Crippen LogP contribution < -0.4 is 11.5 Å². The van der Waals surface area contributed by atoms with Crippen LogP contribution in [0.15, 0.2) is 24.3 Å². The minimum atomic E-state index is -0.655. The number of rotatable bonds is 13. The largest absolute Gasteiger partial charge is 0.481 e. The molecule has 1 aromatic rings. The lowest BCUT2D eigenvalue weighted by Gasteiger charge is -2.02. The molecule has 0 unspecified atom stereocenters. The number of hydrogen-bond acceptors (Lipinski definition) is 3. The maximum absolute atomic E-state index is 10.3. The number of benzene rings is 1. The number of aliphatic carboxylic acids is 1. The van der Waals surface area contributed by atoms with Crippen molar-refractivity contribution < 1.29 is 9.90 Å². The van der Waals surface area contributed by atoms with E-state index >= 15 is 0 Å². The van der Waals surface area contributed by atoms with Gasteiger partial charge in [-0.2, -0.15) is 0 Å². The Morgan fingerprint density at radius 2 is 1.04 bits per heavy atom. The summed E-state index contributed by atoms with van der Waals surface area (Å²) in [6, 6.07) is 7.09. The molecule has 0 amide bonds. The summed E-state index contributed by atoms with van der Waals surface area (Å²) >= 11 is 0. The van der Waals surface area contributed by atoms with Crippen LogP contribution in [0.1, 0.15) is 90.4 Å². The average Bonchev–Trinajstić information content (AvgIpc) is 2.59. The molecule has 4 nitrogen and oxygen atoms in total. The van der Waals surface area contributed by atoms with E-state index < -0.39 is 5.97 Å². The molecule has 1 aromatic carbocycles. The zero-order valence-corrected chi connectivity index (χ0v) is 16.0. The van der Waals surface area contributed by atoms with Crippen LogP contribution in [0, 0.1) is 0 Å². The Morgan fingerprint density at radius 1 is 0.720 bits per heavy atom. The Morgan fingerprint density at radius 3 is 1.36 bits per heavy atom. The topological polar surface area (TPSA) is 89.3 Å². The zero-order valence-electron chi connectivity index (χ0n) is 16.0. The van der Waals surface area contributed by atoms with Crippen molar-refractivity contribution in [3.8, 4) is 0 Å². The van der Waals surface area contributed by atoms with Crippen LogP contribution in [0.2, 0.25) is 0 Å². The highest BCUT2D eigenvalue weighted by Crippen LogP contribution is 2.12. The molecule has 0 heterocycles. The standard InChI is InChI=1S/C15H30O2.C6H8N2/c1-2-3-4-5-6-7-8-9-10-11-12-13-14-15(16)17;7-5-1-2-6(8)4-3-5/h2-14H2,1H3,(H,16,17);1-4H,7-8H2. The van der Waals surface area contributed by atoms with Crippen LogP contribution in [-0.2, 0) is 4.79 Å². The van der Waals surface area contributed by atoms with Gasteiger partial charge in [0.2, 0.25) is 0 Å². The Bertz CT molecular complexity index is 397. The number of carboxylic acids is 1. The van der Waals surface area contributed by atoms with Gasteiger partial charge in [-0.3, -0.25) is 4.79 Å². The number of unbranched alkanes of at least 4 members (excludes halogenated alkanes) is 11. The number of nitrogens with two attached hydrogens (primary N) is 2. The number of carboxylic acid groups (broad SMARTS) is 1. The van der Waals surface area contributed by atoms with Gasteiger partial charge in [-0.1, -0.05) is 77.6 Å². The summed E-state index contributed by atoms with van der Waals surface area (Å²) in [5, 5.41) is 8.47. The normalized spacial score (nSPS) is 10.1. The molecule has 0 spiro atoms. The van der Waals surface area contributed by atoms with Crippen LogP contribution in [0.3, 0.4) is 0 Å². The summed E-state index contributed by atoms with van der Waals surface area (Å²) in [7, 11) is 0. The molecule has 0 radical (unpaired) electrons. The van der Waals surface area contributed by atoms with E-state index in [0.29, 0.717) is 6.42 Å². The van der Waals surface area contributed by atoms with E-state index in [-0.39, 0.29) is 0 Å². The summed E-state index contributed by atoms with van der Waals surface area (Å²) in [5.41, 5.74) is 12.2. The number of anilines is 2. The number of nitrogen functional groups attached to an aromatic ring is 2. The van der Waals surface area contributed by atoms with Crippen molar-refractivity contribution in [1.29, 1.82) is 0 Å². The highest BCUT2D eigenvalue weighted by molar-refractivity contribution is 5.66. The second-order valence-electron chi connectivity index (χ2n) is 6.70. The second-order valence-corrected chi connectivity index (χ2v) is 6.70. The van der Waals surface area contributed by atoms with Crippen molar-refractivity contribution in [2.45, 2.75) is 90.4 Å². The quantitative estimate of drug-likeness (QED) is 0.300. The lowest BCUT2D eigenvalue weighted by atomic mass is 10.0. The third kappa shape index (κ3) is 18.5. The van der Waals surface area contributed by atoms with E-state index in [2.05, 4.69) is 6.92 Å². The fraction of sp³-hybridized carbons (Fsp3) is 0.667. The highest BCUT2D eigenvalue weighted by atomic mass is 16.4. The van der Waals surface area contributed by atoms with Crippen LogP contribution in [0.5, 0.6) is 0 Å². The van der Waals surface area contributed by atoms with Crippen molar-refractivity contribution in [2.75, 3.05) is 11.5 Å². The number of carbonyl (C=O) groups is 1. The molecule has 0 saturated heterocycles. The average molecular weight is 351 g/mol. The number of hydrogen-bond donors (Lipinski definition) is 3. The summed E-state index contributed by atoms with van der Waals surface area (Å²) in [6.07, 6.45) is 15.8. The predicted molar refractivity (Wildman–Crippen MR) is 109 cm³/mol. The Balaban J connectivity index is 0.000000593. The zero-order chi connectivity index (χ0) is 18.8. The first kappa shape index (κ1) is 23.3. The van der Waals surface area contributed by atoms with Gasteiger partial charge in [0.15, 0.2) is 0 Å². The van der Waals surface area contributed by atoms with Gasteiger partial charge in [0.1, 0.15) is 0 Å². The van der Waals surface area contributed by atoms with E-state index in [4.69, 9.17) is 16.6 Å². The van der Waals surface area contributed by atoms with Gasteiger partial charge in [-0.05, 0) is 30.7 Å². The lowest BCUT2D eigenvalue weighted by molar-refractivity contribution is -0.137. The van der Waals surface area contributed by atoms with Crippen molar-refractivity contribution in [3.63, 3.8) is 0 Å². The summed E-state index contributed by atoms with van der Waals surface area (Å²) in [4.78, 5) is 10.3. The smallest absolute Gasteiger partial charge is 0.303 e. The summed E-state index contributed by atoms with van der Waals surface area (Å²) in [5.74, 6) is -0.655. The fourth-order valence-electron chi connectivity index (χ4n) is 2.61. The van der Waals surface area contributed by atoms with Crippen molar-refractivity contribution in [1.82, 2.24) is 0 Å². The highest BCUT2D eigenvalue weighted by Gasteiger charge is 1.96. The SMILES string of the molecule is CCCCCCCCCCCCCCC(=O)O.Nc1ccc(N)cc1. The van der Waals surface area contributed by atoms with Crippen LogP contribution in [0.25, 0.3) is 0 Å². The van der Waals surface area contributed by atoms with Crippen LogP contribution in [-0.4, -0.2) is 11.1 Å². The molecule has 0 aliphatic carbocycles. The lowest BCUT2D eigenvalue weighted by Crippen LogP contribution is -1.93. The molecule has 5 N–H and O–H groups in total. The summed E-state index contributed by atoms with van der Waals surface area (Å²) < 4.78 is 0. The monoisotopic (exact) mass is 350 g/mol. The maximum atomic E-state index is 10.3. The Labute approximate surface area is 154 Å². The van der Waals surface area contributed by atoms with Gasteiger partial charge in [0.05, 0.1) is 0 Å². The summed E-state index contributed by atoms with van der Waals surface area (Å²) in [6.45, 7) is 2.25. The third-order valence-corrected chi connectivity index (χ3v) is 4.18. The fourth-order valence-corrected chi connectivity index (χ4v) is 2.61. The molecule has 0 aliphatic heterocycles. The van der Waals surface area contributed by atoms with Gasteiger partial charge in [-0.15, -0.1) is 0 Å².